The third-order valence-electron chi connectivity index (χ3n) is 3.86. The number of aromatic nitrogens is 2. The third-order valence-corrected chi connectivity index (χ3v) is 3.86. The van der Waals surface area contributed by atoms with E-state index in [1.165, 1.54) is 11.1 Å². The largest absolute Gasteiger partial charge is 0.383 e. The Kier molecular flexibility index (Phi) is 5.81. The Morgan fingerprint density at radius 3 is 2.27 bits per heavy atom. The van der Waals surface area contributed by atoms with Crippen LogP contribution in [0, 0.1) is 13.8 Å². The lowest BCUT2D eigenvalue weighted by molar-refractivity contribution is 0.210. The molecule has 0 aliphatic rings. The van der Waals surface area contributed by atoms with E-state index in [1.54, 1.807) is 7.11 Å². The zero-order valence-electron chi connectivity index (χ0n) is 15.4. The lowest BCUT2D eigenvalue weighted by Gasteiger charge is -2.12. The van der Waals surface area contributed by atoms with Crippen LogP contribution in [0.15, 0.2) is 54.6 Å². The Balaban J connectivity index is 1.93. The van der Waals surface area contributed by atoms with Crippen molar-refractivity contribution in [2.24, 2.45) is 0 Å². The van der Waals surface area contributed by atoms with Crippen molar-refractivity contribution in [3.05, 3.63) is 65.7 Å². The average Bonchev–Trinajstić information content (AvgIpc) is 2.62. The van der Waals surface area contributed by atoms with E-state index < -0.39 is 0 Å². The second-order valence-corrected chi connectivity index (χ2v) is 6.25. The van der Waals surface area contributed by atoms with Crippen molar-refractivity contribution in [1.82, 2.24) is 9.97 Å². The standard InChI is InChI=1S/C21H24N4O/c1-15-11-16(2)13-18(12-15)23-20-14-19(22-9-10-26-3)24-21(25-20)17-7-5-4-6-8-17/h4-8,11-14H,9-10H2,1-3H3,(H2,22,23,24,25). The van der Waals surface area contributed by atoms with Gasteiger partial charge >= 0.3 is 0 Å². The van der Waals surface area contributed by atoms with Gasteiger partial charge in [-0.05, 0) is 37.1 Å². The minimum atomic E-state index is 0.616. The van der Waals surface area contributed by atoms with Crippen LogP contribution in [-0.2, 0) is 4.74 Å². The van der Waals surface area contributed by atoms with Gasteiger partial charge in [-0.2, -0.15) is 0 Å². The fourth-order valence-electron chi connectivity index (χ4n) is 2.79. The van der Waals surface area contributed by atoms with Crippen molar-refractivity contribution in [2.45, 2.75) is 13.8 Å². The molecule has 0 atom stereocenters. The Bertz CT molecular complexity index is 845. The number of aryl methyl sites for hydroxylation is 2. The Morgan fingerprint density at radius 1 is 0.885 bits per heavy atom. The molecule has 3 aromatic rings. The van der Waals surface area contributed by atoms with Crippen molar-refractivity contribution < 1.29 is 4.74 Å². The molecule has 3 rings (SSSR count). The number of nitrogens with zero attached hydrogens (tertiary/aromatic N) is 2. The molecule has 26 heavy (non-hydrogen) atoms. The second kappa shape index (κ2) is 8.45. The first kappa shape index (κ1) is 17.9. The van der Waals surface area contributed by atoms with Gasteiger partial charge in [0.05, 0.1) is 6.61 Å². The molecule has 0 bridgehead atoms. The molecule has 0 aliphatic heterocycles. The number of benzene rings is 2. The molecule has 5 nitrogen and oxygen atoms in total. The highest BCUT2D eigenvalue weighted by Crippen LogP contribution is 2.23. The lowest BCUT2D eigenvalue weighted by Crippen LogP contribution is -2.10. The summed E-state index contributed by atoms with van der Waals surface area (Å²) in [7, 11) is 1.68. The molecule has 0 saturated heterocycles. The quantitative estimate of drug-likeness (QED) is 0.613. The number of anilines is 3. The first-order valence-electron chi connectivity index (χ1n) is 8.66. The molecule has 1 heterocycles. The highest BCUT2D eigenvalue weighted by Gasteiger charge is 2.08. The first-order valence-corrected chi connectivity index (χ1v) is 8.66. The molecule has 5 heteroatoms. The third kappa shape index (κ3) is 4.80. The maximum atomic E-state index is 5.11. The normalized spacial score (nSPS) is 10.6. The van der Waals surface area contributed by atoms with E-state index in [0.29, 0.717) is 19.0 Å². The van der Waals surface area contributed by atoms with Gasteiger partial charge in [0.1, 0.15) is 11.6 Å². The van der Waals surface area contributed by atoms with Gasteiger partial charge in [0.2, 0.25) is 0 Å². The van der Waals surface area contributed by atoms with Gasteiger partial charge in [-0.3, -0.25) is 0 Å². The summed E-state index contributed by atoms with van der Waals surface area (Å²) < 4.78 is 5.11. The zero-order valence-corrected chi connectivity index (χ0v) is 15.4. The number of hydrogen-bond donors (Lipinski definition) is 2. The van der Waals surface area contributed by atoms with Crippen LogP contribution in [0.2, 0.25) is 0 Å². The lowest BCUT2D eigenvalue weighted by atomic mass is 10.1. The summed E-state index contributed by atoms with van der Waals surface area (Å²) in [5.41, 5.74) is 4.42. The molecule has 2 N–H and O–H groups in total. The van der Waals surface area contributed by atoms with Crippen molar-refractivity contribution in [3.63, 3.8) is 0 Å². The van der Waals surface area contributed by atoms with Gasteiger partial charge in [-0.1, -0.05) is 36.4 Å². The van der Waals surface area contributed by atoms with Gasteiger partial charge in [-0.25, -0.2) is 9.97 Å². The maximum Gasteiger partial charge on any atom is 0.163 e. The molecular formula is C21H24N4O. The fraction of sp³-hybridized carbons (Fsp3) is 0.238. The van der Waals surface area contributed by atoms with Crippen LogP contribution >= 0.6 is 0 Å². The minimum Gasteiger partial charge on any atom is -0.383 e. The molecule has 1 aromatic heterocycles. The first-order chi connectivity index (χ1) is 12.6. The summed E-state index contributed by atoms with van der Waals surface area (Å²) >= 11 is 0. The van der Waals surface area contributed by atoms with E-state index in [-0.39, 0.29) is 0 Å². The van der Waals surface area contributed by atoms with Crippen LogP contribution in [0.4, 0.5) is 17.3 Å². The summed E-state index contributed by atoms with van der Waals surface area (Å²) in [5, 5.41) is 6.69. The van der Waals surface area contributed by atoms with Gasteiger partial charge in [0.15, 0.2) is 5.82 Å². The van der Waals surface area contributed by atoms with Gasteiger partial charge in [-0.15, -0.1) is 0 Å². The molecule has 2 aromatic carbocycles. The van der Waals surface area contributed by atoms with E-state index >= 15 is 0 Å². The number of ether oxygens (including phenoxy) is 1. The van der Waals surface area contributed by atoms with E-state index in [9.17, 15) is 0 Å². The predicted molar refractivity (Wildman–Crippen MR) is 107 cm³/mol. The fourth-order valence-corrected chi connectivity index (χ4v) is 2.79. The van der Waals surface area contributed by atoms with Crippen molar-refractivity contribution in [3.8, 4) is 11.4 Å². The van der Waals surface area contributed by atoms with Crippen LogP contribution < -0.4 is 10.6 Å². The average molecular weight is 348 g/mol. The number of methoxy groups -OCH3 is 1. The van der Waals surface area contributed by atoms with Crippen LogP contribution in [-0.4, -0.2) is 30.2 Å². The Hall–Kier alpha value is -2.92. The van der Waals surface area contributed by atoms with Gasteiger partial charge in [0, 0.05) is 31.0 Å². The molecule has 0 saturated carbocycles. The molecule has 0 radical (unpaired) electrons. The van der Waals surface area contributed by atoms with Crippen molar-refractivity contribution >= 4 is 17.3 Å². The summed E-state index contributed by atoms with van der Waals surface area (Å²) in [6.45, 7) is 5.48. The molecule has 0 unspecified atom stereocenters. The Morgan fingerprint density at radius 2 is 1.58 bits per heavy atom. The highest BCUT2D eigenvalue weighted by atomic mass is 16.5. The summed E-state index contributed by atoms with van der Waals surface area (Å²) in [6.07, 6.45) is 0. The van der Waals surface area contributed by atoms with E-state index in [2.05, 4.69) is 47.7 Å². The SMILES string of the molecule is COCCNc1cc(Nc2cc(C)cc(C)c2)nc(-c2ccccc2)n1. The summed E-state index contributed by atoms with van der Waals surface area (Å²) in [4.78, 5) is 9.33. The van der Waals surface area contributed by atoms with Gasteiger partial charge < -0.3 is 15.4 Å². The van der Waals surface area contributed by atoms with E-state index in [1.807, 2.05) is 36.4 Å². The van der Waals surface area contributed by atoms with Crippen molar-refractivity contribution in [2.75, 3.05) is 30.9 Å². The summed E-state index contributed by atoms with van der Waals surface area (Å²) in [6, 6.07) is 18.3. The van der Waals surface area contributed by atoms with E-state index in [4.69, 9.17) is 9.72 Å². The molecule has 0 aliphatic carbocycles. The maximum absolute atomic E-state index is 5.11. The number of hydrogen-bond acceptors (Lipinski definition) is 5. The van der Waals surface area contributed by atoms with Crippen LogP contribution in [0.25, 0.3) is 11.4 Å². The molecule has 134 valence electrons. The van der Waals surface area contributed by atoms with E-state index in [0.717, 1.165) is 22.9 Å². The monoisotopic (exact) mass is 348 g/mol. The number of rotatable bonds is 7. The molecule has 0 spiro atoms. The molecule has 0 amide bonds. The predicted octanol–water partition coefficient (Wildman–Crippen LogP) is 4.56. The van der Waals surface area contributed by atoms with Crippen LogP contribution in [0.5, 0.6) is 0 Å². The topological polar surface area (TPSA) is 59.1 Å². The number of nitrogens with one attached hydrogen (secondary N) is 2. The molecular weight excluding hydrogens is 324 g/mol. The van der Waals surface area contributed by atoms with Gasteiger partial charge in [0.25, 0.3) is 0 Å². The van der Waals surface area contributed by atoms with Crippen LogP contribution in [0.1, 0.15) is 11.1 Å². The highest BCUT2D eigenvalue weighted by molar-refractivity contribution is 5.65. The van der Waals surface area contributed by atoms with Crippen LogP contribution in [0.3, 0.4) is 0 Å². The second-order valence-electron chi connectivity index (χ2n) is 6.25. The smallest absolute Gasteiger partial charge is 0.163 e. The summed E-state index contributed by atoms with van der Waals surface area (Å²) in [5.74, 6) is 2.20. The zero-order chi connectivity index (χ0) is 18.4. The molecule has 0 fully saturated rings. The Labute approximate surface area is 154 Å². The van der Waals surface area contributed by atoms with Crippen molar-refractivity contribution in [1.29, 1.82) is 0 Å². The minimum absolute atomic E-state index is 0.616.